The van der Waals surface area contributed by atoms with Crippen LogP contribution in [0.5, 0.6) is 5.75 Å². The topological polar surface area (TPSA) is 62.1 Å². The average Bonchev–Trinajstić information content (AvgIpc) is 2.74. The molecule has 0 aliphatic rings. The van der Waals surface area contributed by atoms with Crippen LogP contribution in [-0.2, 0) is 11.4 Å². The summed E-state index contributed by atoms with van der Waals surface area (Å²) in [7, 11) is 0. The van der Waals surface area contributed by atoms with Gasteiger partial charge in [0.1, 0.15) is 35.6 Å². The third-order valence-electron chi connectivity index (χ3n) is 4.13. The van der Waals surface area contributed by atoms with Crippen molar-refractivity contribution in [2.24, 2.45) is 0 Å². The van der Waals surface area contributed by atoms with E-state index in [1.807, 2.05) is 6.07 Å². The summed E-state index contributed by atoms with van der Waals surface area (Å²) < 4.78 is 34.0. The van der Waals surface area contributed by atoms with Crippen LogP contribution in [0, 0.1) is 23.0 Å². The lowest BCUT2D eigenvalue weighted by Crippen LogP contribution is -2.13. The number of anilines is 1. The molecule has 0 bridgehead atoms. The van der Waals surface area contributed by atoms with Gasteiger partial charge in [0.2, 0.25) is 0 Å². The number of amides is 1. The molecule has 0 saturated heterocycles. The van der Waals surface area contributed by atoms with Crippen molar-refractivity contribution in [3.05, 3.63) is 97.9 Å². The van der Waals surface area contributed by atoms with Crippen LogP contribution in [-0.4, -0.2) is 5.91 Å². The number of nitrogens with one attached hydrogen (secondary N) is 1. The number of hydrogen-bond donors (Lipinski definition) is 1. The summed E-state index contributed by atoms with van der Waals surface area (Å²) in [5.74, 6) is -1.16. The molecule has 0 unspecified atom stereocenters. The quantitative estimate of drug-likeness (QED) is 0.279. The van der Waals surface area contributed by atoms with E-state index < -0.39 is 17.5 Å². The minimum atomic E-state index is -0.662. The molecular formula is C23H14Br2F2N2O2. The molecule has 0 aromatic heterocycles. The molecule has 3 aromatic carbocycles. The predicted octanol–water partition coefficient (Wildman–Crippen LogP) is 6.61. The lowest BCUT2D eigenvalue weighted by Gasteiger charge is -2.13. The molecule has 0 aliphatic carbocycles. The molecule has 31 heavy (non-hydrogen) atoms. The van der Waals surface area contributed by atoms with Gasteiger partial charge in [-0.15, -0.1) is 0 Å². The van der Waals surface area contributed by atoms with Crippen LogP contribution >= 0.6 is 31.9 Å². The van der Waals surface area contributed by atoms with Crippen LogP contribution in [0.3, 0.4) is 0 Å². The summed E-state index contributed by atoms with van der Waals surface area (Å²) in [5.41, 5.74) is 0.953. The zero-order valence-electron chi connectivity index (χ0n) is 15.8. The molecule has 0 radical (unpaired) electrons. The first-order chi connectivity index (χ1) is 14.9. The van der Waals surface area contributed by atoms with Gasteiger partial charge in [0.15, 0.2) is 0 Å². The van der Waals surface area contributed by atoms with E-state index >= 15 is 0 Å². The standard InChI is InChI=1S/C23H14Br2F2N2O2/c24-17-10-15(9-16(12-28)23(30)29-19-7-5-18(26)6-8-19)22(20(25)11-17)31-13-14-3-1-2-4-21(14)27/h1-11H,13H2,(H,29,30)/b16-9+. The van der Waals surface area contributed by atoms with Gasteiger partial charge in [0.25, 0.3) is 5.91 Å². The van der Waals surface area contributed by atoms with Crippen molar-refractivity contribution in [1.82, 2.24) is 0 Å². The molecule has 0 aliphatic heterocycles. The number of nitrogens with zero attached hydrogens (tertiary/aromatic N) is 1. The molecule has 0 heterocycles. The van der Waals surface area contributed by atoms with Crippen molar-refractivity contribution in [2.45, 2.75) is 6.61 Å². The van der Waals surface area contributed by atoms with Crippen LogP contribution in [0.2, 0.25) is 0 Å². The van der Waals surface area contributed by atoms with Gasteiger partial charge < -0.3 is 10.1 Å². The molecule has 4 nitrogen and oxygen atoms in total. The molecular weight excluding hydrogens is 534 g/mol. The van der Waals surface area contributed by atoms with Crippen molar-refractivity contribution < 1.29 is 18.3 Å². The van der Waals surface area contributed by atoms with Gasteiger partial charge in [-0.25, -0.2) is 8.78 Å². The fraction of sp³-hybridized carbons (Fsp3) is 0.0435. The van der Waals surface area contributed by atoms with Crippen LogP contribution in [0.1, 0.15) is 11.1 Å². The molecule has 0 fully saturated rings. The number of benzene rings is 3. The number of rotatable bonds is 6. The van der Waals surface area contributed by atoms with Crippen molar-refractivity contribution in [2.75, 3.05) is 5.32 Å². The van der Waals surface area contributed by atoms with Gasteiger partial charge in [0.05, 0.1) is 4.47 Å². The highest BCUT2D eigenvalue weighted by Gasteiger charge is 2.15. The zero-order chi connectivity index (χ0) is 22.4. The largest absolute Gasteiger partial charge is 0.487 e. The average molecular weight is 548 g/mol. The van der Waals surface area contributed by atoms with Crippen molar-refractivity contribution >= 4 is 49.5 Å². The first-order valence-corrected chi connectivity index (χ1v) is 10.5. The Morgan fingerprint density at radius 2 is 1.81 bits per heavy atom. The summed E-state index contributed by atoms with van der Waals surface area (Å²) in [5, 5.41) is 12.0. The Morgan fingerprint density at radius 3 is 2.48 bits per heavy atom. The van der Waals surface area contributed by atoms with E-state index in [9.17, 15) is 18.8 Å². The summed E-state index contributed by atoms with van der Waals surface area (Å²) in [6, 6.07) is 16.7. The van der Waals surface area contributed by atoms with Gasteiger partial charge in [0, 0.05) is 21.3 Å². The Bertz CT molecular complexity index is 1190. The Kier molecular flexibility index (Phi) is 7.55. The highest BCUT2D eigenvalue weighted by atomic mass is 79.9. The van der Waals surface area contributed by atoms with E-state index in [2.05, 4.69) is 37.2 Å². The SMILES string of the molecule is N#C/C(=C\c1cc(Br)cc(Br)c1OCc1ccccc1F)C(=O)Nc1ccc(F)cc1. The Hall–Kier alpha value is -3.02. The monoisotopic (exact) mass is 546 g/mol. The fourth-order valence-corrected chi connectivity index (χ4v) is 4.01. The fourth-order valence-electron chi connectivity index (χ4n) is 2.64. The first kappa shape index (κ1) is 22.7. The van der Waals surface area contributed by atoms with Crippen LogP contribution < -0.4 is 10.1 Å². The van der Waals surface area contributed by atoms with Crippen molar-refractivity contribution in [1.29, 1.82) is 5.26 Å². The normalized spacial score (nSPS) is 11.0. The number of hydrogen-bond acceptors (Lipinski definition) is 3. The minimum absolute atomic E-state index is 0.0442. The highest BCUT2D eigenvalue weighted by Crippen LogP contribution is 2.35. The van der Waals surface area contributed by atoms with Crippen molar-refractivity contribution in [3.63, 3.8) is 0 Å². The Balaban J connectivity index is 1.89. The van der Waals surface area contributed by atoms with E-state index in [1.165, 1.54) is 36.4 Å². The highest BCUT2D eigenvalue weighted by molar-refractivity contribution is 9.11. The van der Waals surface area contributed by atoms with Gasteiger partial charge in [-0.3, -0.25) is 4.79 Å². The Labute approximate surface area is 194 Å². The number of halogens is 4. The third kappa shape index (κ3) is 6.00. The molecule has 0 spiro atoms. The van der Waals surface area contributed by atoms with Gasteiger partial charge >= 0.3 is 0 Å². The van der Waals surface area contributed by atoms with Crippen LogP contribution in [0.4, 0.5) is 14.5 Å². The third-order valence-corrected chi connectivity index (χ3v) is 5.18. The maximum Gasteiger partial charge on any atom is 0.266 e. The zero-order valence-corrected chi connectivity index (χ0v) is 19.0. The van der Waals surface area contributed by atoms with Gasteiger partial charge in [-0.1, -0.05) is 34.1 Å². The Morgan fingerprint density at radius 1 is 1.10 bits per heavy atom. The number of carbonyl (C=O) groups excluding carboxylic acids is 1. The predicted molar refractivity (Wildman–Crippen MR) is 121 cm³/mol. The molecule has 8 heteroatoms. The minimum Gasteiger partial charge on any atom is -0.487 e. The lowest BCUT2D eigenvalue weighted by atomic mass is 10.1. The molecule has 1 amide bonds. The molecule has 3 aromatic rings. The number of nitriles is 1. The number of ether oxygens (including phenoxy) is 1. The van der Waals surface area contributed by atoms with E-state index in [0.717, 1.165) is 0 Å². The van der Waals surface area contributed by atoms with Crippen molar-refractivity contribution in [3.8, 4) is 11.8 Å². The molecule has 1 N–H and O–H groups in total. The van der Waals surface area contributed by atoms with E-state index in [1.54, 1.807) is 30.3 Å². The van der Waals surface area contributed by atoms with Crippen LogP contribution in [0.15, 0.2) is 75.2 Å². The summed E-state index contributed by atoms with van der Waals surface area (Å²) in [4.78, 5) is 12.5. The van der Waals surface area contributed by atoms with Crippen LogP contribution in [0.25, 0.3) is 6.08 Å². The maximum atomic E-state index is 13.9. The maximum absolute atomic E-state index is 13.9. The molecule has 156 valence electrons. The first-order valence-electron chi connectivity index (χ1n) is 8.91. The van der Waals surface area contributed by atoms with E-state index in [0.29, 0.717) is 31.5 Å². The van der Waals surface area contributed by atoms with Gasteiger partial charge in [-0.05, 0) is 64.5 Å². The second-order valence-electron chi connectivity index (χ2n) is 6.32. The molecule has 3 rings (SSSR count). The summed E-state index contributed by atoms with van der Waals surface area (Å²) in [6.07, 6.45) is 1.37. The second-order valence-corrected chi connectivity index (χ2v) is 8.09. The summed E-state index contributed by atoms with van der Waals surface area (Å²) in [6.45, 7) is -0.0442. The van der Waals surface area contributed by atoms with Gasteiger partial charge in [-0.2, -0.15) is 5.26 Å². The van der Waals surface area contributed by atoms with E-state index in [-0.39, 0.29) is 12.2 Å². The van der Waals surface area contributed by atoms with E-state index in [4.69, 9.17) is 4.74 Å². The lowest BCUT2D eigenvalue weighted by molar-refractivity contribution is -0.112. The second kappa shape index (κ2) is 10.3. The molecule has 0 atom stereocenters. The number of carbonyl (C=O) groups is 1. The summed E-state index contributed by atoms with van der Waals surface area (Å²) >= 11 is 6.77. The molecule has 0 saturated carbocycles. The smallest absolute Gasteiger partial charge is 0.266 e.